The van der Waals surface area contributed by atoms with Gasteiger partial charge >= 0.3 is 0 Å². The van der Waals surface area contributed by atoms with Crippen molar-refractivity contribution in [2.24, 2.45) is 0 Å². The minimum Gasteiger partial charge on any atom is -0.457 e. The van der Waals surface area contributed by atoms with Crippen LogP contribution in [-0.2, 0) is 6.54 Å². The molecule has 6 nitrogen and oxygen atoms in total. The zero-order valence-electron chi connectivity index (χ0n) is 18.7. The highest BCUT2D eigenvalue weighted by Crippen LogP contribution is 2.28. The molecule has 0 aliphatic rings. The molecule has 0 radical (unpaired) electrons. The van der Waals surface area contributed by atoms with Crippen LogP contribution in [-0.4, -0.2) is 15.5 Å². The quantitative estimate of drug-likeness (QED) is 0.320. The first-order valence-electron chi connectivity index (χ1n) is 10.9. The van der Waals surface area contributed by atoms with Crippen molar-refractivity contribution in [2.75, 3.05) is 5.32 Å². The molecule has 0 aliphatic heterocycles. The number of halogens is 1. The Labute approximate surface area is 204 Å². The highest BCUT2D eigenvalue weighted by molar-refractivity contribution is 7.20. The summed E-state index contributed by atoms with van der Waals surface area (Å²) in [4.78, 5) is 31.4. The maximum Gasteiger partial charge on any atom is 0.266 e. The fourth-order valence-corrected chi connectivity index (χ4v) is 4.77. The molecule has 0 unspecified atom stereocenters. The van der Waals surface area contributed by atoms with Crippen molar-refractivity contribution in [2.45, 2.75) is 13.5 Å². The molecule has 0 saturated carbocycles. The number of hydrogen-bond donors (Lipinski definition) is 1. The number of ether oxygens (including phenoxy) is 1. The Hall–Kier alpha value is -4.30. The van der Waals surface area contributed by atoms with Gasteiger partial charge in [-0.05, 0) is 66.6 Å². The van der Waals surface area contributed by atoms with E-state index in [1.54, 1.807) is 43.3 Å². The Bertz CT molecular complexity index is 1580. The Morgan fingerprint density at radius 1 is 1.03 bits per heavy atom. The summed E-state index contributed by atoms with van der Waals surface area (Å²) in [6.45, 7) is 1.92. The van der Waals surface area contributed by atoms with Gasteiger partial charge in [0.05, 0.1) is 23.1 Å². The fourth-order valence-electron chi connectivity index (χ4n) is 3.74. The third-order valence-electron chi connectivity index (χ3n) is 5.46. The van der Waals surface area contributed by atoms with Crippen LogP contribution in [0.3, 0.4) is 0 Å². The van der Waals surface area contributed by atoms with Crippen molar-refractivity contribution < 1.29 is 13.9 Å². The lowest BCUT2D eigenvalue weighted by Crippen LogP contribution is -2.21. The maximum absolute atomic E-state index is 13.5. The first-order valence-corrected chi connectivity index (χ1v) is 11.7. The second kappa shape index (κ2) is 9.52. The molecule has 0 saturated heterocycles. The SMILES string of the molecule is Cc1c(C(=O)Nc2ccc(Oc3ccccc3)cc2)sc2ncn(Cc3cccc(F)c3)c(=O)c12. The lowest BCUT2D eigenvalue weighted by atomic mass is 10.2. The third-order valence-corrected chi connectivity index (χ3v) is 6.66. The van der Waals surface area contributed by atoms with E-state index in [-0.39, 0.29) is 23.8 Å². The Kier molecular flexibility index (Phi) is 6.12. The van der Waals surface area contributed by atoms with Gasteiger partial charge in [-0.3, -0.25) is 14.2 Å². The van der Waals surface area contributed by atoms with Gasteiger partial charge in [0.15, 0.2) is 0 Å². The molecular weight excluding hydrogens is 465 g/mol. The highest BCUT2D eigenvalue weighted by atomic mass is 32.1. The van der Waals surface area contributed by atoms with E-state index in [0.717, 1.165) is 5.75 Å². The number of para-hydroxylation sites is 1. The molecule has 0 bridgehead atoms. The first kappa shape index (κ1) is 22.5. The number of aryl methyl sites for hydroxylation is 1. The topological polar surface area (TPSA) is 73.2 Å². The van der Waals surface area contributed by atoms with Crippen LogP contribution in [0.15, 0.2) is 90.0 Å². The van der Waals surface area contributed by atoms with Gasteiger partial charge in [0, 0.05) is 5.69 Å². The number of carbonyl (C=O) groups is 1. The van der Waals surface area contributed by atoms with E-state index in [1.807, 2.05) is 30.3 Å². The van der Waals surface area contributed by atoms with Crippen LogP contribution in [0, 0.1) is 12.7 Å². The number of benzene rings is 3. The largest absolute Gasteiger partial charge is 0.457 e. The molecule has 0 aliphatic carbocycles. The fraction of sp³-hybridized carbons (Fsp3) is 0.0741. The Morgan fingerprint density at radius 2 is 1.77 bits per heavy atom. The van der Waals surface area contributed by atoms with Crippen LogP contribution < -0.4 is 15.6 Å². The molecule has 1 amide bonds. The average Bonchev–Trinajstić information content (AvgIpc) is 3.20. The molecule has 35 heavy (non-hydrogen) atoms. The van der Waals surface area contributed by atoms with E-state index in [2.05, 4.69) is 10.3 Å². The van der Waals surface area contributed by atoms with Crippen LogP contribution in [0.5, 0.6) is 11.5 Å². The molecule has 0 atom stereocenters. The average molecular weight is 486 g/mol. The van der Waals surface area contributed by atoms with Gasteiger partial charge in [0.2, 0.25) is 0 Å². The predicted octanol–water partition coefficient (Wildman–Crippen LogP) is 6.00. The van der Waals surface area contributed by atoms with Crippen molar-refractivity contribution in [3.8, 4) is 11.5 Å². The van der Waals surface area contributed by atoms with E-state index < -0.39 is 0 Å². The number of nitrogens with zero attached hydrogens (tertiary/aromatic N) is 2. The standard InChI is InChI=1S/C27H20FN3O3S/c1-17-23-26(29-16-31(27(23)33)15-18-6-5-7-19(28)14-18)35-24(17)25(32)30-20-10-12-22(13-11-20)34-21-8-3-2-4-9-21/h2-14,16H,15H2,1H3,(H,30,32). The summed E-state index contributed by atoms with van der Waals surface area (Å²) in [7, 11) is 0. The van der Waals surface area contributed by atoms with Crippen molar-refractivity contribution >= 4 is 33.1 Å². The highest BCUT2D eigenvalue weighted by Gasteiger charge is 2.20. The number of thiophene rings is 1. The smallest absolute Gasteiger partial charge is 0.266 e. The molecule has 174 valence electrons. The molecule has 8 heteroatoms. The second-order valence-electron chi connectivity index (χ2n) is 7.94. The number of fused-ring (bicyclic) bond motifs is 1. The molecule has 3 aromatic carbocycles. The lowest BCUT2D eigenvalue weighted by Gasteiger charge is -2.08. The minimum atomic E-state index is -0.366. The van der Waals surface area contributed by atoms with Gasteiger partial charge in [-0.1, -0.05) is 30.3 Å². The monoisotopic (exact) mass is 485 g/mol. The molecular formula is C27H20FN3O3S. The molecule has 5 aromatic rings. The summed E-state index contributed by atoms with van der Waals surface area (Å²) in [6.07, 6.45) is 1.43. The van der Waals surface area contributed by atoms with E-state index in [4.69, 9.17) is 4.74 Å². The van der Waals surface area contributed by atoms with E-state index in [1.165, 1.54) is 34.4 Å². The van der Waals surface area contributed by atoms with E-state index in [0.29, 0.717) is 37.7 Å². The predicted molar refractivity (Wildman–Crippen MR) is 135 cm³/mol. The van der Waals surface area contributed by atoms with E-state index in [9.17, 15) is 14.0 Å². The van der Waals surface area contributed by atoms with Crippen LogP contribution >= 0.6 is 11.3 Å². The number of anilines is 1. The van der Waals surface area contributed by atoms with Crippen molar-refractivity contribution in [1.82, 2.24) is 9.55 Å². The summed E-state index contributed by atoms with van der Waals surface area (Å²) < 4.78 is 20.7. The Morgan fingerprint density at radius 3 is 2.51 bits per heavy atom. The second-order valence-corrected chi connectivity index (χ2v) is 8.94. The van der Waals surface area contributed by atoms with E-state index >= 15 is 0 Å². The molecule has 0 spiro atoms. The van der Waals surface area contributed by atoms with Gasteiger partial charge < -0.3 is 10.1 Å². The maximum atomic E-state index is 13.5. The summed E-state index contributed by atoms with van der Waals surface area (Å²) >= 11 is 1.17. The van der Waals surface area contributed by atoms with Crippen LogP contribution in [0.4, 0.5) is 10.1 Å². The minimum absolute atomic E-state index is 0.188. The van der Waals surface area contributed by atoms with Crippen molar-refractivity contribution in [3.05, 3.63) is 117 Å². The van der Waals surface area contributed by atoms with Crippen molar-refractivity contribution in [1.29, 1.82) is 0 Å². The summed E-state index contributed by atoms with van der Waals surface area (Å²) in [5.74, 6) is 0.684. The zero-order valence-corrected chi connectivity index (χ0v) is 19.5. The molecule has 1 N–H and O–H groups in total. The molecule has 0 fully saturated rings. The van der Waals surface area contributed by atoms with Gasteiger partial charge in [0.1, 0.15) is 22.1 Å². The number of hydrogen-bond acceptors (Lipinski definition) is 5. The number of aromatic nitrogens is 2. The van der Waals surface area contributed by atoms with Crippen LogP contribution in [0.25, 0.3) is 10.2 Å². The molecule has 2 aromatic heterocycles. The number of nitrogens with one attached hydrogen (secondary N) is 1. The summed E-state index contributed by atoms with van der Waals surface area (Å²) in [5, 5.41) is 3.26. The van der Waals surface area contributed by atoms with Crippen molar-refractivity contribution in [3.63, 3.8) is 0 Å². The summed E-state index contributed by atoms with van der Waals surface area (Å²) in [6, 6.07) is 22.5. The number of amides is 1. The summed E-state index contributed by atoms with van der Waals surface area (Å²) in [5.41, 5.74) is 1.55. The van der Waals surface area contributed by atoms with Gasteiger partial charge in [-0.2, -0.15) is 0 Å². The van der Waals surface area contributed by atoms with Crippen LogP contribution in [0.1, 0.15) is 20.8 Å². The molecule has 5 rings (SSSR count). The van der Waals surface area contributed by atoms with Gasteiger partial charge in [-0.15, -0.1) is 11.3 Å². The number of rotatable bonds is 6. The molecule has 2 heterocycles. The third kappa shape index (κ3) is 4.83. The van der Waals surface area contributed by atoms with Gasteiger partial charge in [0.25, 0.3) is 11.5 Å². The lowest BCUT2D eigenvalue weighted by molar-refractivity contribution is 0.103. The number of carbonyl (C=O) groups excluding carboxylic acids is 1. The first-order chi connectivity index (χ1) is 17.0. The normalized spacial score (nSPS) is 10.9. The van der Waals surface area contributed by atoms with Crippen LogP contribution in [0.2, 0.25) is 0 Å². The van der Waals surface area contributed by atoms with Gasteiger partial charge in [-0.25, -0.2) is 9.37 Å². The Balaban J connectivity index is 1.35. The zero-order chi connectivity index (χ0) is 24.4.